The minimum absolute atomic E-state index is 0.00262. The van der Waals surface area contributed by atoms with Gasteiger partial charge in [-0.3, -0.25) is 4.79 Å². The maximum absolute atomic E-state index is 12.1. The second-order valence-corrected chi connectivity index (χ2v) is 10.4. The molecule has 0 bridgehead atoms. The molecule has 5 rings (SSSR count). The summed E-state index contributed by atoms with van der Waals surface area (Å²) in [4.78, 5) is 14.5. The highest BCUT2D eigenvalue weighted by molar-refractivity contribution is 5.93. The Morgan fingerprint density at radius 1 is 1.03 bits per heavy atom. The van der Waals surface area contributed by atoms with Crippen LogP contribution in [0.5, 0.6) is 0 Å². The third-order valence-corrected chi connectivity index (χ3v) is 9.11. The van der Waals surface area contributed by atoms with Gasteiger partial charge in [0.15, 0.2) is 5.78 Å². The highest BCUT2D eigenvalue weighted by Gasteiger charge is 2.56. The molecule has 0 aromatic heterocycles. The molecule has 2 saturated carbocycles. The Bertz CT molecular complexity index is 923. The molecule has 31 heavy (non-hydrogen) atoms. The van der Waals surface area contributed by atoms with Crippen LogP contribution in [-0.4, -0.2) is 30.1 Å². The van der Waals surface area contributed by atoms with Crippen LogP contribution in [0, 0.1) is 17.3 Å². The summed E-state index contributed by atoms with van der Waals surface area (Å²) in [6.07, 6.45) is 8.61. The minimum Gasteiger partial charge on any atom is -0.393 e. The average molecular weight is 420 g/mol. The third-order valence-electron chi connectivity index (χ3n) is 9.11. The van der Waals surface area contributed by atoms with Gasteiger partial charge in [0, 0.05) is 31.1 Å². The first-order chi connectivity index (χ1) is 15.0. The summed E-state index contributed by atoms with van der Waals surface area (Å²) in [5, 5.41) is 11.0. The van der Waals surface area contributed by atoms with Gasteiger partial charge < -0.3 is 10.0 Å². The summed E-state index contributed by atoms with van der Waals surface area (Å²) in [5.74, 6) is 1.80. The smallest absolute Gasteiger partial charge is 0.156 e. The summed E-state index contributed by atoms with van der Waals surface area (Å²) in [7, 11) is 0. The summed E-state index contributed by atoms with van der Waals surface area (Å²) in [6, 6.07) is 9.23. The first-order valence-electron chi connectivity index (χ1n) is 12.5. The van der Waals surface area contributed by atoms with Crippen molar-refractivity contribution in [3.05, 3.63) is 52.6 Å². The van der Waals surface area contributed by atoms with Crippen LogP contribution in [0.15, 0.2) is 47.1 Å². The Hall–Kier alpha value is -1.87. The number of carbonyl (C=O) groups excluding carboxylic acids is 1. The Morgan fingerprint density at radius 2 is 1.77 bits per heavy atom. The van der Waals surface area contributed by atoms with Crippen molar-refractivity contribution in [2.45, 2.75) is 77.7 Å². The fourth-order valence-corrected chi connectivity index (χ4v) is 7.44. The Labute approximate surface area is 187 Å². The van der Waals surface area contributed by atoms with Crippen molar-refractivity contribution in [2.75, 3.05) is 18.0 Å². The van der Waals surface area contributed by atoms with Gasteiger partial charge in [-0.15, -0.1) is 0 Å². The summed E-state index contributed by atoms with van der Waals surface area (Å²) >= 11 is 0. The van der Waals surface area contributed by atoms with Gasteiger partial charge in [-0.2, -0.15) is 0 Å². The standard InChI is InChI=1S/C28H37NO2/c1-4-29(5-2)20-9-6-18(7-10-20)24-17-28(3)25(14-15-26(28)31)23-12-8-19-16-21(30)11-13-22(19)27(23)24/h6-7,9-10,16,23-26,31H,4-5,8,11-15,17H2,1-3H3. The van der Waals surface area contributed by atoms with Crippen molar-refractivity contribution >= 4 is 11.5 Å². The van der Waals surface area contributed by atoms with Crippen molar-refractivity contribution in [3.63, 3.8) is 0 Å². The molecular weight excluding hydrogens is 382 g/mol. The van der Waals surface area contributed by atoms with E-state index in [9.17, 15) is 9.90 Å². The lowest BCUT2D eigenvalue weighted by Gasteiger charge is -2.52. The van der Waals surface area contributed by atoms with Crippen molar-refractivity contribution in [1.29, 1.82) is 0 Å². The van der Waals surface area contributed by atoms with Crippen molar-refractivity contribution < 1.29 is 9.90 Å². The summed E-state index contributed by atoms with van der Waals surface area (Å²) in [5.41, 5.74) is 7.11. The van der Waals surface area contributed by atoms with Crippen molar-refractivity contribution in [1.82, 2.24) is 0 Å². The molecule has 0 spiro atoms. The molecule has 1 N–H and O–H groups in total. The molecule has 5 atom stereocenters. The molecule has 0 aliphatic heterocycles. The molecular formula is C28H37NO2. The normalized spacial score (nSPS) is 34.7. The van der Waals surface area contributed by atoms with Crippen molar-refractivity contribution in [3.8, 4) is 0 Å². The Morgan fingerprint density at radius 3 is 2.48 bits per heavy atom. The lowest BCUT2D eigenvalue weighted by atomic mass is 9.53. The molecule has 0 heterocycles. The van der Waals surface area contributed by atoms with E-state index < -0.39 is 0 Å². The number of allylic oxidation sites excluding steroid dienone is 4. The van der Waals surface area contributed by atoms with E-state index in [0.717, 1.165) is 51.6 Å². The second-order valence-electron chi connectivity index (χ2n) is 10.4. The Balaban J connectivity index is 1.60. The number of hydrogen-bond donors (Lipinski definition) is 1. The highest BCUT2D eigenvalue weighted by atomic mass is 16.3. The zero-order valence-electron chi connectivity index (χ0n) is 19.4. The average Bonchev–Trinajstić information content (AvgIpc) is 3.08. The van der Waals surface area contributed by atoms with Gasteiger partial charge in [-0.1, -0.05) is 24.6 Å². The van der Waals surface area contributed by atoms with Crippen molar-refractivity contribution in [2.24, 2.45) is 17.3 Å². The second kappa shape index (κ2) is 7.92. The van der Waals surface area contributed by atoms with E-state index >= 15 is 0 Å². The number of fused-ring (bicyclic) bond motifs is 4. The third kappa shape index (κ3) is 3.31. The van der Waals surface area contributed by atoms with Gasteiger partial charge in [0.25, 0.3) is 0 Å². The number of aliphatic hydroxyl groups excluding tert-OH is 1. The lowest BCUT2D eigenvalue weighted by molar-refractivity contribution is -0.114. The molecule has 0 amide bonds. The molecule has 0 saturated heterocycles. The predicted octanol–water partition coefficient (Wildman–Crippen LogP) is 5.79. The van der Waals surface area contributed by atoms with Crippen LogP contribution in [0.25, 0.3) is 0 Å². The molecule has 5 unspecified atom stereocenters. The number of carbonyl (C=O) groups is 1. The van der Waals surface area contributed by atoms with E-state index in [1.165, 1.54) is 22.4 Å². The highest BCUT2D eigenvalue weighted by Crippen LogP contribution is 2.63. The fourth-order valence-electron chi connectivity index (χ4n) is 7.44. The number of rotatable bonds is 4. The Kier molecular flexibility index (Phi) is 5.37. The van der Waals surface area contributed by atoms with Gasteiger partial charge >= 0.3 is 0 Å². The van der Waals surface area contributed by atoms with E-state index in [2.05, 4.69) is 49.9 Å². The largest absolute Gasteiger partial charge is 0.393 e. The molecule has 4 aliphatic rings. The van der Waals surface area contributed by atoms with Gasteiger partial charge in [-0.05, 0) is 105 Å². The van der Waals surface area contributed by atoms with Crippen LogP contribution in [-0.2, 0) is 4.79 Å². The first kappa shape index (κ1) is 21.0. The molecule has 166 valence electrons. The zero-order chi connectivity index (χ0) is 21.8. The van der Waals surface area contributed by atoms with Crippen LogP contribution in [0.2, 0.25) is 0 Å². The molecule has 3 nitrogen and oxygen atoms in total. The predicted molar refractivity (Wildman–Crippen MR) is 126 cm³/mol. The molecule has 1 aromatic carbocycles. The maximum Gasteiger partial charge on any atom is 0.156 e. The molecule has 2 fully saturated rings. The SMILES string of the molecule is CCN(CC)c1ccc(C2CC3(C)C(O)CCC3C3CCC4=CC(=O)CCC4=C23)cc1. The van der Waals surface area contributed by atoms with Gasteiger partial charge in [-0.25, -0.2) is 0 Å². The van der Waals surface area contributed by atoms with Crippen LogP contribution < -0.4 is 4.90 Å². The molecule has 4 aliphatic carbocycles. The number of hydrogen-bond acceptors (Lipinski definition) is 3. The lowest BCUT2D eigenvalue weighted by Crippen LogP contribution is -2.45. The molecule has 3 heteroatoms. The number of aliphatic hydroxyl groups is 1. The van der Waals surface area contributed by atoms with Crippen LogP contribution in [0.4, 0.5) is 5.69 Å². The monoisotopic (exact) mass is 419 g/mol. The summed E-state index contributed by atoms with van der Waals surface area (Å²) < 4.78 is 0. The van der Waals surface area contributed by atoms with E-state index in [-0.39, 0.29) is 11.5 Å². The zero-order valence-corrected chi connectivity index (χ0v) is 19.4. The van der Waals surface area contributed by atoms with Crippen LogP contribution in [0.1, 0.15) is 77.2 Å². The van der Waals surface area contributed by atoms with E-state index in [0.29, 0.717) is 30.0 Å². The minimum atomic E-state index is -0.189. The van der Waals surface area contributed by atoms with E-state index in [1.54, 1.807) is 5.57 Å². The van der Waals surface area contributed by atoms with Crippen LogP contribution in [0.3, 0.4) is 0 Å². The number of anilines is 1. The fraction of sp³-hybridized carbons (Fsp3) is 0.607. The first-order valence-corrected chi connectivity index (χ1v) is 12.5. The number of benzene rings is 1. The number of nitrogens with zero attached hydrogens (tertiary/aromatic N) is 1. The van der Waals surface area contributed by atoms with Crippen LogP contribution >= 0.6 is 0 Å². The molecule has 1 aromatic rings. The van der Waals surface area contributed by atoms with E-state index in [4.69, 9.17) is 0 Å². The van der Waals surface area contributed by atoms with Gasteiger partial charge in [0.2, 0.25) is 0 Å². The van der Waals surface area contributed by atoms with Gasteiger partial charge in [0.05, 0.1) is 6.10 Å². The van der Waals surface area contributed by atoms with E-state index in [1.807, 2.05) is 6.08 Å². The molecule has 0 radical (unpaired) electrons. The number of ketones is 1. The quantitative estimate of drug-likeness (QED) is 0.671. The summed E-state index contributed by atoms with van der Waals surface area (Å²) in [6.45, 7) is 8.80. The van der Waals surface area contributed by atoms with Gasteiger partial charge in [0.1, 0.15) is 0 Å². The maximum atomic E-state index is 12.1. The topological polar surface area (TPSA) is 40.5 Å².